The highest BCUT2D eigenvalue weighted by molar-refractivity contribution is 5.26. The van der Waals surface area contributed by atoms with Gasteiger partial charge in [-0.2, -0.15) is 0 Å². The number of rotatable bonds is 6. The molecule has 1 aromatic heterocycles. The van der Waals surface area contributed by atoms with E-state index in [0.717, 1.165) is 49.6 Å². The Bertz CT molecular complexity index is 439. The largest absolute Gasteiger partial charge is 0.367 e. The molecule has 118 valence electrons. The maximum absolute atomic E-state index is 6.15. The zero-order chi connectivity index (χ0) is 15.3. The molecule has 0 atom stereocenters. The van der Waals surface area contributed by atoms with E-state index < -0.39 is 0 Å². The Hall–Kier alpha value is -1.00. The molecule has 0 radical (unpaired) electrons. The average Bonchev–Trinajstić information content (AvgIpc) is 2.47. The van der Waals surface area contributed by atoms with Gasteiger partial charge in [-0.25, -0.2) is 9.97 Å². The highest BCUT2D eigenvalue weighted by Gasteiger charge is 2.37. The van der Waals surface area contributed by atoms with Gasteiger partial charge in [0.1, 0.15) is 5.60 Å². The maximum Gasteiger partial charge on any atom is 0.160 e. The van der Waals surface area contributed by atoms with Gasteiger partial charge in [-0.05, 0) is 59.2 Å². The summed E-state index contributed by atoms with van der Waals surface area (Å²) in [5, 5.41) is 3.20. The van der Waals surface area contributed by atoms with Crippen molar-refractivity contribution in [2.45, 2.75) is 64.9 Å². The third-order valence-corrected chi connectivity index (χ3v) is 4.54. The first-order valence-corrected chi connectivity index (χ1v) is 8.26. The van der Waals surface area contributed by atoms with Gasteiger partial charge in [0.25, 0.3) is 0 Å². The zero-order valence-electron chi connectivity index (χ0n) is 14.0. The first-order valence-electron chi connectivity index (χ1n) is 8.26. The summed E-state index contributed by atoms with van der Waals surface area (Å²) in [6, 6.07) is 0. The van der Waals surface area contributed by atoms with Crippen molar-refractivity contribution in [2.24, 2.45) is 0 Å². The minimum Gasteiger partial charge on any atom is -0.367 e. The fourth-order valence-electron chi connectivity index (χ4n) is 3.39. The average molecular weight is 291 g/mol. The molecule has 1 fully saturated rings. The van der Waals surface area contributed by atoms with E-state index in [1.807, 2.05) is 7.05 Å². The van der Waals surface area contributed by atoms with E-state index >= 15 is 0 Å². The van der Waals surface area contributed by atoms with E-state index in [9.17, 15) is 0 Å². The quantitative estimate of drug-likeness (QED) is 0.875. The van der Waals surface area contributed by atoms with Crippen LogP contribution in [0.2, 0.25) is 0 Å². The standard InChI is InChI=1S/C17H29N3O/c1-5-21-17(10-7-6-8-11-17)16-19-13(2)15(9-12-18-4)14(3)20-16/h18H,5-12H2,1-4H3. The van der Waals surface area contributed by atoms with Gasteiger partial charge in [-0.15, -0.1) is 0 Å². The summed E-state index contributed by atoms with van der Waals surface area (Å²) in [6.45, 7) is 7.96. The molecule has 1 aliphatic rings. The number of likely N-dealkylation sites (N-methyl/N-ethyl adjacent to an activating group) is 1. The fourth-order valence-corrected chi connectivity index (χ4v) is 3.39. The molecule has 0 bridgehead atoms. The number of aryl methyl sites for hydroxylation is 2. The molecule has 1 saturated carbocycles. The van der Waals surface area contributed by atoms with Crippen LogP contribution >= 0.6 is 0 Å². The van der Waals surface area contributed by atoms with Gasteiger partial charge in [0.2, 0.25) is 0 Å². The molecular weight excluding hydrogens is 262 g/mol. The lowest BCUT2D eigenvalue weighted by atomic mass is 9.83. The molecule has 0 aromatic carbocycles. The first-order chi connectivity index (χ1) is 10.1. The molecular formula is C17H29N3O. The molecule has 21 heavy (non-hydrogen) atoms. The second-order valence-electron chi connectivity index (χ2n) is 6.04. The van der Waals surface area contributed by atoms with Gasteiger partial charge in [0, 0.05) is 18.0 Å². The summed E-state index contributed by atoms with van der Waals surface area (Å²) >= 11 is 0. The van der Waals surface area contributed by atoms with E-state index in [1.165, 1.54) is 24.8 Å². The van der Waals surface area contributed by atoms with Crippen molar-refractivity contribution in [2.75, 3.05) is 20.2 Å². The van der Waals surface area contributed by atoms with Crippen LogP contribution < -0.4 is 5.32 Å². The van der Waals surface area contributed by atoms with Crippen molar-refractivity contribution in [3.63, 3.8) is 0 Å². The van der Waals surface area contributed by atoms with Gasteiger partial charge in [-0.1, -0.05) is 19.3 Å². The van der Waals surface area contributed by atoms with Gasteiger partial charge in [-0.3, -0.25) is 0 Å². The van der Waals surface area contributed by atoms with Gasteiger partial charge >= 0.3 is 0 Å². The van der Waals surface area contributed by atoms with Crippen LogP contribution in [-0.2, 0) is 16.8 Å². The maximum atomic E-state index is 6.15. The monoisotopic (exact) mass is 291 g/mol. The molecule has 1 heterocycles. The van der Waals surface area contributed by atoms with Crippen molar-refractivity contribution in [1.82, 2.24) is 15.3 Å². The lowest BCUT2D eigenvalue weighted by Gasteiger charge is -2.36. The SMILES string of the molecule is CCOC1(c2nc(C)c(CCNC)c(C)n2)CCCCC1. The Morgan fingerprint density at radius 3 is 2.24 bits per heavy atom. The molecule has 0 amide bonds. The van der Waals surface area contributed by atoms with Crippen molar-refractivity contribution in [1.29, 1.82) is 0 Å². The Morgan fingerprint density at radius 2 is 1.71 bits per heavy atom. The van der Waals surface area contributed by atoms with E-state index in [2.05, 4.69) is 26.1 Å². The smallest absolute Gasteiger partial charge is 0.160 e. The zero-order valence-corrected chi connectivity index (χ0v) is 14.0. The lowest BCUT2D eigenvalue weighted by Crippen LogP contribution is -2.35. The molecule has 1 aliphatic carbocycles. The van der Waals surface area contributed by atoms with E-state index in [-0.39, 0.29) is 5.60 Å². The van der Waals surface area contributed by atoms with Crippen LogP contribution in [0.4, 0.5) is 0 Å². The molecule has 0 unspecified atom stereocenters. The number of ether oxygens (including phenoxy) is 1. The van der Waals surface area contributed by atoms with Crippen molar-refractivity contribution in [3.05, 3.63) is 22.8 Å². The van der Waals surface area contributed by atoms with Gasteiger partial charge in [0.15, 0.2) is 5.82 Å². The topological polar surface area (TPSA) is 47.0 Å². The minimum atomic E-state index is -0.246. The summed E-state index contributed by atoms with van der Waals surface area (Å²) in [4.78, 5) is 9.67. The van der Waals surface area contributed by atoms with Crippen molar-refractivity contribution in [3.8, 4) is 0 Å². The highest BCUT2D eigenvalue weighted by Crippen LogP contribution is 2.39. The van der Waals surface area contributed by atoms with E-state index in [4.69, 9.17) is 14.7 Å². The summed E-state index contributed by atoms with van der Waals surface area (Å²) in [5.74, 6) is 0.909. The fraction of sp³-hybridized carbons (Fsp3) is 0.765. The molecule has 0 saturated heterocycles. The second-order valence-corrected chi connectivity index (χ2v) is 6.04. The lowest BCUT2D eigenvalue weighted by molar-refractivity contribution is -0.0769. The van der Waals surface area contributed by atoms with Crippen molar-refractivity contribution < 1.29 is 4.74 Å². The minimum absolute atomic E-state index is 0.246. The van der Waals surface area contributed by atoms with Gasteiger partial charge < -0.3 is 10.1 Å². The molecule has 0 spiro atoms. The highest BCUT2D eigenvalue weighted by atomic mass is 16.5. The second kappa shape index (κ2) is 7.32. The Balaban J connectivity index is 2.33. The number of nitrogens with zero attached hydrogens (tertiary/aromatic N) is 2. The summed E-state index contributed by atoms with van der Waals surface area (Å²) in [6.07, 6.45) is 6.81. The van der Waals surface area contributed by atoms with Crippen LogP contribution in [-0.4, -0.2) is 30.2 Å². The van der Waals surface area contributed by atoms with Crippen LogP contribution in [0.3, 0.4) is 0 Å². The van der Waals surface area contributed by atoms with Crippen LogP contribution in [0, 0.1) is 13.8 Å². The summed E-state index contributed by atoms with van der Waals surface area (Å²) in [5.41, 5.74) is 3.25. The Morgan fingerprint density at radius 1 is 1.10 bits per heavy atom. The number of aromatic nitrogens is 2. The Kier molecular flexibility index (Phi) is 5.71. The first kappa shape index (κ1) is 16.4. The number of nitrogens with one attached hydrogen (secondary N) is 1. The van der Waals surface area contributed by atoms with Crippen LogP contribution in [0.5, 0.6) is 0 Å². The van der Waals surface area contributed by atoms with Crippen LogP contribution in [0.1, 0.15) is 61.8 Å². The van der Waals surface area contributed by atoms with Crippen LogP contribution in [0.15, 0.2) is 0 Å². The molecule has 4 nitrogen and oxygen atoms in total. The van der Waals surface area contributed by atoms with E-state index in [1.54, 1.807) is 0 Å². The molecule has 2 rings (SSSR count). The molecule has 1 aromatic rings. The predicted molar refractivity (Wildman–Crippen MR) is 85.5 cm³/mol. The number of hydrogen-bond donors (Lipinski definition) is 1. The summed E-state index contributed by atoms with van der Waals surface area (Å²) < 4.78 is 6.15. The third-order valence-electron chi connectivity index (χ3n) is 4.54. The van der Waals surface area contributed by atoms with E-state index in [0.29, 0.717) is 0 Å². The molecule has 1 N–H and O–H groups in total. The molecule has 0 aliphatic heterocycles. The third kappa shape index (κ3) is 3.61. The van der Waals surface area contributed by atoms with Crippen molar-refractivity contribution >= 4 is 0 Å². The van der Waals surface area contributed by atoms with Gasteiger partial charge in [0.05, 0.1) is 0 Å². The van der Waals surface area contributed by atoms with Crippen LogP contribution in [0.25, 0.3) is 0 Å². The molecule has 4 heteroatoms. The predicted octanol–water partition coefficient (Wildman–Crippen LogP) is 3.05. The summed E-state index contributed by atoms with van der Waals surface area (Å²) in [7, 11) is 1.98. The Labute approximate surface area is 128 Å². The number of hydrogen-bond acceptors (Lipinski definition) is 4. The normalized spacial score (nSPS) is 17.9.